The predicted molar refractivity (Wildman–Crippen MR) is 61.8 cm³/mol. The monoisotopic (exact) mass is 257 g/mol. The summed E-state index contributed by atoms with van der Waals surface area (Å²) in [6.07, 6.45) is -0.395. The standard InChI is InChI=1S/C12H19NO5/c1-12(2,3)18-11(15)13-7-5-10(14)17-8(7)6-9(13)16-4/h7-9H,5-6H2,1-4H3/t7-,8-,9+/m1/s1. The third-order valence-corrected chi connectivity index (χ3v) is 3.07. The molecule has 2 rings (SSSR count). The van der Waals surface area contributed by atoms with E-state index in [1.54, 1.807) is 20.8 Å². The molecule has 0 radical (unpaired) electrons. The molecular formula is C12H19NO5. The third-order valence-electron chi connectivity index (χ3n) is 3.07. The highest BCUT2D eigenvalue weighted by Crippen LogP contribution is 2.35. The van der Waals surface area contributed by atoms with Crippen molar-refractivity contribution in [2.45, 2.75) is 57.6 Å². The molecule has 1 amide bonds. The van der Waals surface area contributed by atoms with Crippen molar-refractivity contribution in [3.63, 3.8) is 0 Å². The Labute approximate surface area is 106 Å². The summed E-state index contributed by atoms with van der Waals surface area (Å²) in [4.78, 5) is 24.9. The number of carbonyl (C=O) groups excluding carboxylic acids is 2. The summed E-state index contributed by atoms with van der Waals surface area (Å²) in [5.41, 5.74) is -0.572. The summed E-state index contributed by atoms with van der Waals surface area (Å²) < 4.78 is 15.8. The van der Waals surface area contributed by atoms with Crippen LogP contribution < -0.4 is 0 Å². The van der Waals surface area contributed by atoms with Gasteiger partial charge in [0, 0.05) is 13.5 Å². The molecule has 3 atom stereocenters. The molecule has 2 saturated heterocycles. The first-order valence-electron chi connectivity index (χ1n) is 6.05. The van der Waals surface area contributed by atoms with E-state index in [1.165, 1.54) is 12.0 Å². The van der Waals surface area contributed by atoms with Crippen LogP contribution in [0, 0.1) is 0 Å². The average Bonchev–Trinajstić information content (AvgIpc) is 2.69. The number of rotatable bonds is 1. The maximum absolute atomic E-state index is 12.1. The Morgan fingerprint density at radius 3 is 2.67 bits per heavy atom. The number of methoxy groups -OCH3 is 1. The Bertz CT molecular complexity index is 362. The molecule has 0 aromatic heterocycles. The van der Waals surface area contributed by atoms with E-state index in [9.17, 15) is 9.59 Å². The van der Waals surface area contributed by atoms with Gasteiger partial charge < -0.3 is 14.2 Å². The van der Waals surface area contributed by atoms with Gasteiger partial charge >= 0.3 is 12.1 Å². The van der Waals surface area contributed by atoms with Crippen LogP contribution in [0.5, 0.6) is 0 Å². The smallest absolute Gasteiger partial charge is 0.412 e. The number of likely N-dealkylation sites (tertiary alicyclic amines) is 1. The van der Waals surface area contributed by atoms with Gasteiger partial charge in [-0.25, -0.2) is 4.79 Å². The molecule has 2 aliphatic heterocycles. The highest BCUT2D eigenvalue weighted by molar-refractivity contribution is 5.76. The maximum atomic E-state index is 12.1. The highest BCUT2D eigenvalue weighted by Gasteiger charge is 2.52. The third kappa shape index (κ3) is 2.43. The fraction of sp³-hybridized carbons (Fsp3) is 0.833. The minimum Gasteiger partial charge on any atom is -0.460 e. The second-order valence-electron chi connectivity index (χ2n) is 5.61. The number of esters is 1. The Morgan fingerprint density at radius 2 is 2.11 bits per heavy atom. The number of hydrogen-bond acceptors (Lipinski definition) is 5. The summed E-state index contributed by atoms with van der Waals surface area (Å²) in [6.45, 7) is 5.41. The summed E-state index contributed by atoms with van der Waals surface area (Å²) >= 11 is 0. The summed E-state index contributed by atoms with van der Waals surface area (Å²) in [7, 11) is 1.53. The molecular weight excluding hydrogens is 238 g/mol. The fourth-order valence-corrected chi connectivity index (χ4v) is 2.38. The molecule has 102 valence electrons. The lowest BCUT2D eigenvalue weighted by molar-refractivity contribution is -0.142. The van der Waals surface area contributed by atoms with Crippen molar-refractivity contribution in [1.29, 1.82) is 0 Å². The molecule has 0 unspecified atom stereocenters. The average molecular weight is 257 g/mol. The lowest BCUT2D eigenvalue weighted by atomic mass is 10.1. The van der Waals surface area contributed by atoms with Crippen LogP contribution >= 0.6 is 0 Å². The molecule has 0 saturated carbocycles. The minimum atomic E-state index is -0.572. The van der Waals surface area contributed by atoms with Crippen molar-refractivity contribution in [2.75, 3.05) is 7.11 Å². The van der Waals surface area contributed by atoms with Gasteiger partial charge in [0.15, 0.2) is 0 Å². The largest absolute Gasteiger partial charge is 0.460 e. The molecule has 0 bridgehead atoms. The van der Waals surface area contributed by atoms with Gasteiger partial charge in [0.25, 0.3) is 0 Å². The fourth-order valence-electron chi connectivity index (χ4n) is 2.38. The number of amides is 1. The van der Waals surface area contributed by atoms with Crippen LogP contribution in [-0.4, -0.2) is 48.0 Å². The van der Waals surface area contributed by atoms with Gasteiger partial charge in [-0.05, 0) is 20.8 Å². The Morgan fingerprint density at radius 1 is 1.44 bits per heavy atom. The van der Waals surface area contributed by atoms with Gasteiger partial charge in [-0.15, -0.1) is 0 Å². The summed E-state index contributed by atoms with van der Waals surface area (Å²) in [6, 6.07) is -0.266. The molecule has 18 heavy (non-hydrogen) atoms. The topological polar surface area (TPSA) is 65.1 Å². The predicted octanol–water partition coefficient (Wildman–Crippen LogP) is 1.28. The van der Waals surface area contributed by atoms with Crippen LogP contribution in [0.15, 0.2) is 0 Å². The van der Waals surface area contributed by atoms with Gasteiger partial charge in [0.2, 0.25) is 0 Å². The molecule has 0 aromatic carbocycles. The van der Waals surface area contributed by atoms with E-state index in [1.807, 2.05) is 0 Å². The second kappa shape index (κ2) is 4.42. The number of nitrogens with zero attached hydrogens (tertiary/aromatic N) is 1. The molecule has 6 heteroatoms. The molecule has 6 nitrogen and oxygen atoms in total. The van der Waals surface area contributed by atoms with E-state index in [-0.39, 0.29) is 30.8 Å². The van der Waals surface area contributed by atoms with E-state index >= 15 is 0 Å². The quantitative estimate of drug-likeness (QED) is 0.662. The van der Waals surface area contributed by atoms with Crippen molar-refractivity contribution in [1.82, 2.24) is 4.90 Å². The van der Waals surface area contributed by atoms with Crippen molar-refractivity contribution >= 4 is 12.1 Å². The number of carbonyl (C=O) groups is 2. The lowest BCUT2D eigenvalue weighted by Gasteiger charge is -2.30. The number of ether oxygens (including phenoxy) is 3. The maximum Gasteiger partial charge on any atom is 0.412 e. The van der Waals surface area contributed by atoms with Crippen molar-refractivity contribution in [3.8, 4) is 0 Å². The van der Waals surface area contributed by atoms with Crippen LogP contribution in [-0.2, 0) is 19.0 Å². The van der Waals surface area contributed by atoms with Crippen LogP contribution in [0.3, 0.4) is 0 Å². The summed E-state index contributed by atoms with van der Waals surface area (Å²) in [5.74, 6) is -0.270. The van der Waals surface area contributed by atoms with Gasteiger partial charge in [-0.2, -0.15) is 0 Å². The van der Waals surface area contributed by atoms with Crippen molar-refractivity contribution < 1.29 is 23.8 Å². The van der Waals surface area contributed by atoms with Crippen LogP contribution in [0.4, 0.5) is 4.79 Å². The molecule has 2 heterocycles. The molecule has 0 N–H and O–H groups in total. The van der Waals surface area contributed by atoms with Crippen LogP contribution in [0.2, 0.25) is 0 Å². The zero-order chi connectivity index (χ0) is 13.5. The van der Waals surface area contributed by atoms with E-state index < -0.39 is 11.7 Å². The first-order chi connectivity index (χ1) is 8.31. The zero-order valence-electron chi connectivity index (χ0n) is 11.1. The first-order valence-corrected chi connectivity index (χ1v) is 6.05. The molecule has 2 aliphatic rings. The SMILES string of the molecule is CO[C@H]1C[C@H]2OC(=O)C[C@H]2N1C(=O)OC(C)(C)C. The molecule has 0 aliphatic carbocycles. The Kier molecular flexibility index (Phi) is 3.23. The number of fused-ring (bicyclic) bond motifs is 1. The minimum absolute atomic E-state index is 0.212. The van der Waals surface area contributed by atoms with Gasteiger partial charge in [-0.1, -0.05) is 0 Å². The van der Waals surface area contributed by atoms with Crippen LogP contribution in [0.1, 0.15) is 33.6 Å². The van der Waals surface area contributed by atoms with Crippen molar-refractivity contribution in [2.24, 2.45) is 0 Å². The normalized spacial score (nSPS) is 31.2. The van der Waals surface area contributed by atoms with Gasteiger partial charge in [0.05, 0.1) is 12.5 Å². The first kappa shape index (κ1) is 13.1. The Balaban J connectivity index is 2.13. The number of hydrogen-bond donors (Lipinski definition) is 0. The molecule has 0 spiro atoms. The summed E-state index contributed by atoms with van der Waals surface area (Å²) in [5, 5.41) is 0. The second-order valence-corrected chi connectivity index (χ2v) is 5.61. The van der Waals surface area contributed by atoms with E-state index in [4.69, 9.17) is 14.2 Å². The van der Waals surface area contributed by atoms with Crippen LogP contribution in [0.25, 0.3) is 0 Å². The van der Waals surface area contributed by atoms with E-state index in [2.05, 4.69) is 0 Å². The Hall–Kier alpha value is -1.30. The molecule has 2 fully saturated rings. The van der Waals surface area contributed by atoms with Gasteiger partial charge in [0.1, 0.15) is 17.9 Å². The van der Waals surface area contributed by atoms with Crippen molar-refractivity contribution in [3.05, 3.63) is 0 Å². The molecule has 0 aromatic rings. The zero-order valence-corrected chi connectivity index (χ0v) is 11.1. The highest BCUT2D eigenvalue weighted by atomic mass is 16.6. The van der Waals surface area contributed by atoms with E-state index in [0.29, 0.717) is 6.42 Å². The lowest BCUT2D eigenvalue weighted by Crippen LogP contribution is -2.45. The van der Waals surface area contributed by atoms with Gasteiger partial charge in [-0.3, -0.25) is 9.69 Å². The van der Waals surface area contributed by atoms with E-state index in [0.717, 1.165) is 0 Å².